The fraction of sp³-hybridized carbons (Fsp3) is 0.417. The van der Waals surface area contributed by atoms with E-state index in [1.807, 2.05) is 38.1 Å². The molecule has 1 rings (SSSR count). The maximum atomic E-state index is 5.82. The van der Waals surface area contributed by atoms with Crippen molar-refractivity contribution in [3.05, 3.63) is 29.3 Å². The first-order valence-corrected chi connectivity index (χ1v) is 7.77. The van der Waals surface area contributed by atoms with Crippen molar-refractivity contribution in [3.8, 4) is 0 Å². The Kier molecular flexibility index (Phi) is 6.85. The highest BCUT2D eigenvalue weighted by atomic mass is 35.5. The number of benzene rings is 1. The van der Waals surface area contributed by atoms with Crippen molar-refractivity contribution in [1.29, 1.82) is 0 Å². The highest BCUT2D eigenvalue weighted by molar-refractivity contribution is 8.14. The molecule has 1 aromatic carbocycles. The number of halogens is 1. The Morgan fingerprint density at radius 3 is 2.53 bits per heavy atom. The van der Waals surface area contributed by atoms with E-state index in [9.17, 15) is 0 Å². The summed E-state index contributed by atoms with van der Waals surface area (Å²) in [6.07, 6.45) is 0. The molecule has 0 atom stereocenters. The summed E-state index contributed by atoms with van der Waals surface area (Å²) in [7, 11) is 0. The molecule has 0 fully saturated rings. The third-order valence-corrected chi connectivity index (χ3v) is 4.13. The molecule has 0 aliphatic rings. The smallest absolute Gasteiger partial charge is 0.154 e. The van der Waals surface area contributed by atoms with Crippen LogP contribution in [-0.2, 0) is 0 Å². The van der Waals surface area contributed by atoms with Crippen LogP contribution < -0.4 is 5.73 Å². The first-order valence-electron chi connectivity index (χ1n) is 5.42. The molecule has 0 saturated carbocycles. The predicted octanol–water partition coefficient (Wildman–Crippen LogP) is 3.89. The van der Waals surface area contributed by atoms with Crippen molar-refractivity contribution in [3.63, 3.8) is 0 Å². The lowest BCUT2D eigenvalue weighted by atomic mass is 10.4. The van der Waals surface area contributed by atoms with E-state index < -0.39 is 0 Å². The van der Waals surface area contributed by atoms with Gasteiger partial charge in [0.1, 0.15) is 0 Å². The zero-order valence-corrected chi connectivity index (χ0v) is 12.4. The van der Waals surface area contributed by atoms with Gasteiger partial charge in [0.2, 0.25) is 0 Å². The number of rotatable bonds is 5. The molecule has 0 spiro atoms. The Bertz CT molecular complexity index is 363. The van der Waals surface area contributed by atoms with Gasteiger partial charge in [0.25, 0.3) is 0 Å². The molecule has 0 unspecified atom stereocenters. The van der Waals surface area contributed by atoms with Crippen LogP contribution in [0.2, 0.25) is 5.02 Å². The SMILES string of the molecule is CC(C)N=C(N)SCCSc1ccc(Cl)cc1. The summed E-state index contributed by atoms with van der Waals surface area (Å²) in [4.78, 5) is 5.50. The molecule has 5 heteroatoms. The molecule has 0 aliphatic carbocycles. The number of nitrogens with two attached hydrogens (primary N) is 1. The molecule has 2 nitrogen and oxygen atoms in total. The third kappa shape index (κ3) is 6.86. The Hall–Kier alpha value is -0.320. The van der Waals surface area contributed by atoms with Crippen molar-refractivity contribution < 1.29 is 0 Å². The minimum Gasteiger partial charge on any atom is -0.379 e. The molecule has 94 valence electrons. The van der Waals surface area contributed by atoms with Gasteiger partial charge in [-0.3, -0.25) is 4.99 Å². The normalized spacial score (nSPS) is 12.1. The van der Waals surface area contributed by atoms with Crippen LogP contribution in [-0.4, -0.2) is 22.7 Å². The van der Waals surface area contributed by atoms with Crippen LogP contribution in [0, 0.1) is 0 Å². The predicted molar refractivity (Wildman–Crippen MR) is 81.4 cm³/mol. The van der Waals surface area contributed by atoms with Gasteiger partial charge in [-0.25, -0.2) is 0 Å². The fourth-order valence-electron chi connectivity index (χ4n) is 1.13. The van der Waals surface area contributed by atoms with Crippen molar-refractivity contribution in [1.82, 2.24) is 0 Å². The van der Waals surface area contributed by atoms with Crippen LogP contribution >= 0.6 is 35.1 Å². The molecule has 0 radical (unpaired) electrons. The number of aliphatic imine (C=N–C) groups is 1. The van der Waals surface area contributed by atoms with Gasteiger partial charge in [-0.05, 0) is 38.1 Å². The number of hydrogen-bond acceptors (Lipinski definition) is 3. The number of amidine groups is 1. The van der Waals surface area contributed by atoms with Crippen molar-refractivity contribution in [2.24, 2.45) is 10.7 Å². The van der Waals surface area contributed by atoms with Crippen LogP contribution in [0.25, 0.3) is 0 Å². The number of thioether (sulfide) groups is 2. The van der Waals surface area contributed by atoms with Gasteiger partial charge in [0.15, 0.2) is 5.17 Å². The van der Waals surface area contributed by atoms with Crippen LogP contribution in [0.1, 0.15) is 13.8 Å². The first kappa shape index (κ1) is 14.7. The minimum atomic E-state index is 0.270. The molecule has 2 N–H and O–H groups in total. The largest absolute Gasteiger partial charge is 0.379 e. The standard InChI is InChI=1S/C12H17ClN2S2/c1-9(2)15-12(14)17-8-7-16-11-5-3-10(13)4-6-11/h3-6,9H,7-8H2,1-2H3,(H2,14,15). The van der Waals surface area contributed by atoms with Crippen LogP contribution in [0.3, 0.4) is 0 Å². The Morgan fingerprint density at radius 2 is 1.94 bits per heavy atom. The Balaban J connectivity index is 2.22. The van der Waals surface area contributed by atoms with Gasteiger partial charge < -0.3 is 5.73 Å². The average Bonchev–Trinajstić information content (AvgIpc) is 2.26. The molecule has 17 heavy (non-hydrogen) atoms. The maximum Gasteiger partial charge on any atom is 0.154 e. The lowest BCUT2D eigenvalue weighted by molar-refractivity contribution is 0.838. The summed E-state index contributed by atoms with van der Waals surface area (Å²) >= 11 is 9.23. The summed E-state index contributed by atoms with van der Waals surface area (Å²) in [6.45, 7) is 4.05. The van der Waals surface area contributed by atoms with Crippen LogP contribution in [0.5, 0.6) is 0 Å². The maximum absolute atomic E-state index is 5.82. The van der Waals surface area contributed by atoms with Crippen molar-refractivity contribution in [2.45, 2.75) is 24.8 Å². The highest BCUT2D eigenvalue weighted by Crippen LogP contribution is 2.21. The van der Waals surface area contributed by atoms with Gasteiger partial charge in [0.05, 0.1) is 0 Å². The summed E-state index contributed by atoms with van der Waals surface area (Å²) in [5, 5.41) is 1.45. The molecule has 0 saturated heterocycles. The summed E-state index contributed by atoms with van der Waals surface area (Å²) in [5.74, 6) is 1.98. The van der Waals surface area contributed by atoms with E-state index in [2.05, 4.69) is 4.99 Å². The van der Waals surface area contributed by atoms with Crippen LogP contribution in [0.15, 0.2) is 34.2 Å². The monoisotopic (exact) mass is 288 g/mol. The van der Waals surface area contributed by atoms with Gasteiger partial charge in [-0.15, -0.1) is 11.8 Å². The fourth-order valence-corrected chi connectivity index (χ4v) is 2.98. The topological polar surface area (TPSA) is 38.4 Å². The van der Waals surface area contributed by atoms with E-state index in [-0.39, 0.29) is 6.04 Å². The van der Waals surface area contributed by atoms with Crippen molar-refractivity contribution in [2.75, 3.05) is 11.5 Å². The number of hydrogen-bond donors (Lipinski definition) is 1. The quantitative estimate of drug-likeness (QED) is 0.387. The number of nitrogens with zero attached hydrogens (tertiary/aromatic N) is 1. The Morgan fingerprint density at radius 1 is 1.29 bits per heavy atom. The summed E-state index contributed by atoms with van der Waals surface area (Å²) in [6, 6.07) is 8.15. The third-order valence-electron chi connectivity index (χ3n) is 1.80. The van der Waals surface area contributed by atoms with E-state index in [0.29, 0.717) is 5.17 Å². The van der Waals surface area contributed by atoms with Gasteiger partial charge in [0, 0.05) is 27.5 Å². The second kappa shape index (κ2) is 7.90. The molecule has 0 bridgehead atoms. The van der Waals surface area contributed by atoms with Crippen LogP contribution in [0.4, 0.5) is 0 Å². The lowest BCUT2D eigenvalue weighted by Crippen LogP contribution is -2.10. The zero-order valence-electron chi connectivity index (χ0n) is 10.0. The highest BCUT2D eigenvalue weighted by Gasteiger charge is 1.98. The van der Waals surface area contributed by atoms with Gasteiger partial charge in [-0.2, -0.15) is 0 Å². The average molecular weight is 289 g/mol. The first-order chi connectivity index (χ1) is 8.08. The molecular weight excluding hydrogens is 272 g/mol. The second-order valence-electron chi connectivity index (χ2n) is 3.71. The second-order valence-corrected chi connectivity index (χ2v) is 6.43. The van der Waals surface area contributed by atoms with Crippen molar-refractivity contribution >= 4 is 40.3 Å². The molecule has 0 aliphatic heterocycles. The van der Waals surface area contributed by atoms with Gasteiger partial charge >= 0.3 is 0 Å². The van der Waals surface area contributed by atoms with Gasteiger partial charge in [-0.1, -0.05) is 23.4 Å². The Labute approximate surface area is 116 Å². The molecule has 0 heterocycles. The van der Waals surface area contributed by atoms with E-state index in [1.54, 1.807) is 23.5 Å². The molecular formula is C12H17ClN2S2. The van der Waals surface area contributed by atoms with E-state index in [4.69, 9.17) is 17.3 Å². The van der Waals surface area contributed by atoms with E-state index in [1.165, 1.54) is 4.90 Å². The molecule has 1 aromatic rings. The minimum absolute atomic E-state index is 0.270. The zero-order chi connectivity index (χ0) is 12.7. The lowest BCUT2D eigenvalue weighted by Gasteiger charge is -2.03. The molecule has 0 amide bonds. The molecule has 0 aromatic heterocycles. The van der Waals surface area contributed by atoms with E-state index >= 15 is 0 Å². The summed E-state index contributed by atoms with van der Waals surface area (Å²) < 4.78 is 0. The van der Waals surface area contributed by atoms with E-state index in [0.717, 1.165) is 16.5 Å². The summed E-state index contributed by atoms with van der Waals surface area (Å²) in [5.41, 5.74) is 5.76.